The van der Waals surface area contributed by atoms with Gasteiger partial charge < -0.3 is 15.3 Å². The van der Waals surface area contributed by atoms with Crippen LogP contribution in [0.15, 0.2) is 18.2 Å². The van der Waals surface area contributed by atoms with Gasteiger partial charge in [0.1, 0.15) is 5.56 Å². The first-order valence-corrected chi connectivity index (χ1v) is 7.76. The minimum absolute atomic E-state index is 0.101. The summed E-state index contributed by atoms with van der Waals surface area (Å²) < 4.78 is 39.0. The smallest absolute Gasteiger partial charge is 0.394 e. The summed E-state index contributed by atoms with van der Waals surface area (Å²) in [6.45, 7) is 2.06. The van der Waals surface area contributed by atoms with Crippen molar-refractivity contribution in [1.82, 2.24) is 4.90 Å². The number of benzene rings is 1. The second-order valence-electron chi connectivity index (χ2n) is 5.87. The third-order valence-electron chi connectivity index (χ3n) is 4.02. The fraction of sp³-hybridized carbons (Fsp3) is 0.600. The standard InChI is InChI=1S/C15H20F3N3O3/c16-15(17,18)13-8-11(4-5-14(13)21(23)24)19-12(10-22)9-20-6-2-1-3-7-20/h4-5,8,12,19,22H,1-3,6-7,9-10H2/t12-/m0/s1. The van der Waals surface area contributed by atoms with Gasteiger partial charge in [0.25, 0.3) is 5.69 Å². The maximum absolute atomic E-state index is 13.0. The lowest BCUT2D eigenvalue weighted by molar-refractivity contribution is -0.388. The minimum atomic E-state index is -4.82. The summed E-state index contributed by atoms with van der Waals surface area (Å²) in [7, 11) is 0. The van der Waals surface area contributed by atoms with Crippen molar-refractivity contribution in [2.45, 2.75) is 31.5 Å². The van der Waals surface area contributed by atoms with Gasteiger partial charge in [-0.2, -0.15) is 13.2 Å². The van der Waals surface area contributed by atoms with Gasteiger partial charge in [0, 0.05) is 18.3 Å². The van der Waals surface area contributed by atoms with E-state index in [1.54, 1.807) is 0 Å². The zero-order valence-electron chi connectivity index (χ0n) is 13.1. The summed E-state index contributed by atoms with van der Waals surface area (Å²) >= 11 is 0. The van der Waals surface area contributed by atoms with Crippen LogP contribution in [-0.2, 0) is 6.18 Å². The van der Waals surface area contributed by atoms with E-state index < -0.39 is 28.4 Å². The molecule has 0 bridgehead atoms. The molecule has 0 radical (unpaired) electrons. The summed E-state index contributed by atoms with van der Waals surface area (Å²) in [6, 6.07) is 2.34. The Morgan fingerprint density at radius 1 is 1.29 bits per heavy atom. The predicted molar refractivity (Wildman–Crippen MR) is 82.9 cm³/mol. The molecule has 1 fully saturated rings. The van der Waals surface area contributed by atoms with Crippen LogP contribution in [0.25, 0.3) is 0 Å². The molecule has 0 aromatic heterocycles. The molecule has 1 heterocycles. The summed E-state index contributed by atoms with van der Waals surface area (Å²) in [5, 5.41) is 23.1. The third-order valence-corrected chi connectivity index (χ3v) is 4.02. The SMILES string of the molecule is O=[N+]([O-])c1ccc(N[C@H](CO)CN2CCCCC2)cc1C(F)(F)F. The van der Waals surface area contributed by atoms with Gasteiger partial charge in [0.05, 0.1) is 17.6 Å². The first-order valence-electron chi connectivity index (χ1n) is 7.76. The number of aliphatic hydroxyl groups excluding tert-OH is 1. The van der Waals surface area contributed by atoms with E-state index in [-0.39, 0.29) is 12.3 Å². The number of halogens is 3. The van der Waals surface area contributed by atoms with E-state index in [9.17, 15) is 28.4 Å². The highest BCUT2D eigenvalue weighted by atomic mass is 19.4. The number of nitro benzene ring substituents is 1. The molecule has 1 aliphatic rings. The van der Waals surface area contributed by atoms with Crippen molar-refractivity contribution in [3.63, 3.8) is 0 Å². The van der Waals surface area contributed by atoms with Crippen molar-refractivity contribution in [3.05, 3.63) is 33.9 Å². The molecule has 0 unspecified atom stereocenters. The van der Waals surface area contributed by atoms with Crippen LogP contribution in [0.1, 0.15) is 24.8 Å². The van der Waals surface area contributed by atoms with E-state index in [1.165, 1.54) is 6.07 Å². The van der Waals surface area contributed by atoms with E-state index in [0.717, 1.165) is 44.5 Å². The quantitative estimate of drug-likeness (QED) is 0.611. The Balaban J connectivity index is 2.13. The molecule has 6 nitrogen and oxygen atoms in total. The van der Waals surface area contributed by atoms with Gasteiger partial charge in [0.15, 0.2) is 0 Å². The molecular weight excluding hydrogens is 327 g/mol. The van der Waals surface area contributed by atoms with Crippen LogP contribution < -0.4 is 5.32 Å². The summed E-state index contributed by atoms with van der Waals surface area (Å²) in [5.41, 5.74) is -2.18. The Bertz CT molecular complexity index is 575. The number of likely N-dealkylation sites (tertiary alicyclic amines) is 1. The van der Waals surface area contributed by atoms with E-state index in [0.29, 0.717) is 6.54 Å². The number of piperidine rings is 1. The van der Waals surface area contributed by atoms with Crippen molar-refractivity contribution < 1.29 is 23.2 Å². The maximum atomic E-state index is 13.0. The Kier molecular flexibility index (Phi) is 6.00. The largest absolute Gasteiger partial charge is 0.423 e. The number of aliphatic hydroxyl groups is 1. The number of hydrogen-bond donors (Lipinski definition) is 2. The Hall–Kier alpha value is -1.87. The lowest BCUT2D eigenvalue weighted by Gasteiger charge is -2.30. The summed E-state index contributed by atoms with van der Waals surface area (Å²) in [6.07, 6.45) is -1.53. The van der Waals surface area contributed by atoms with Gasteiger partial charge >= 0.3 is 6.18 Å². The first-order chi connectivity index (χ1) is 11.3. The second kappa shape index (κ2) is 7.80. The molecule has 2 rings (SSSR count). The highest BCUT2D eigenvalue weighted by Crippen LogP contribution is 2.37. The lowest BCUT2D eigenvalue weighted by Crippen LogP contribution is -2.41. The number of hydrogen-bond acceptors (Lipinski definition) is 5. The molecule has 0 aliphatic carbocycles. The maximum Gasteiger partial charge on any atom is 0.423 e. The average Bonchev–Trinajstić information content (AvgIpc) is 2.54. The topological polar surface area (TPSA) is 78.6 Å². The van der Waals surface area contributed by atoms with Crippen LogP contribution in [0.2, 0.25) is 0 Å². The van der Waals surface area contributed by atoms with Crippen LogP contribution in [0.3, 0.4) is 0 Å². The Morgan fingerprint density at radius 2 is 1.96 bits per heavy atom. The van der Waals surface area contributed by atoms with E-state index >= 15 is 0 Å². The molecular formula is C15H20F3N3O3. The molecule has 9 heteroatoms. The van der Waals surface area contributed by atoms with Gasteiger partial charge in [-0.1, -0.05) is 6.42 Å². The van der Waals surface area contributed by atoms with Crippen LogP contribution in [0.4, 0.5) is 24.5 Å². The summed E-state index contributed by atoms with van der Waals surface area (Å²) in [5.74, 6) is 0. The zero-order chi connectivity index (χ0) is 17.7. The van der Waals surface area contributed by atoms with Gasteiger partial charge in [-0.25, -0.2) is 0 Å². The molecule has 1 saturated heterocycles. The van der Waals surface area contributed by atoms with Crippen LogP contribution >= 0.6 is 0 Å². The number of nitrogens with one attached hydrogen (secondary N) is 1. The fourth-order valence-electron chi connectivity index (χ4n) is 2.85. The molecule has 1 aromatic rings. The van der Waals surface area contributed by atoms with Gasteiger partial charge in [-0.05, 0) is 38.1 Å². The number of nitro groups is 1. The zero-order valence-corrected chi connectivity index (χ0v) is 13.1. The fourth-order valence-corrected chi connectivity index (χ4v) is 2.85. The third kappa shape index (κ3) is 4.81. The van der Waals surface area contributed by atoms with Gasteiger partial charge in [-0.15, -0.1) is 0 Å². The van der Waals surface area contributed by atoms with E-state index in [1.807, 2.05) is 0 Å². The lowest BCUT2D eigenvalue weighted by atomic mass is 10.1. The Morgan fingerprint density at radius 3 is 2.50 bits per heavy atom. The van der Waals surface area contributed by atoms with E-state index in [2.05, 4.69) is 10.2 Å². The number of anilines is 1. The Labute approximate surface area is 137 Å². The molecule has 2 N–H and O–H groups in total. The molecule has 1 aliphatic heterocycles. The molecule has 24 heavy (non-hydrogen) atoms. The minimum Gasteiger partial charge on any atom is -0.394 e. The predicted octanol–water partition coefficient (Wildman–Crippen LogP) is 2.87. The number of alkyl halides is 3. The summed E-state index contributed by atoms with van der Waals surface area (Å²) in [4.78, 5) is 11.9. The molecule has 1 aromatic carbocycles. The van der Waals surface area contributed by atoms with Crippen molar-refractivity contribution in [3.8, 4) is 0 Å². The second-order valence-corrected chi connectivity index (χ2v) is 5.87. The van der Waals surface area contributed by atoms with Crippen molar-refractivity contribution in [2.24, 2.45) is 0 Å². The first kappa shape index (κ1) is 18.5. The molecule has 134 valence electrons. The normalized spacial score (nSPS) is 17.5. The van der Waals surface area contributed by atoms with Crippen molar-refractivity contribution >= 4 is 11.4 Å². The van der Waals surface area contributed by atoms with Crippen molar-refractivity contribution in [1.29, 1.82) is 0 Å². The average molecular weight is 347 g/mol. The molecule has 0 amide bonds. The van der Waals surface area contributed by atoms with Crippen LogP contribution in [0, 0.1) is 10.1 Å². The highest BCUT2D eigenvalue weighted by molar-refractivity contribution is 5.55. The van der Waals surface area contributed by atoms with Gasteiger partial charge in [-0.3, -0.25) is 10.1 Å². The molecule has 0 spiro atoms. The molecule has 1 atom stereocenters. The van der Waals surface area contributed by atoms with Crippen LogP contribution in [0.5, 0.6) is 0 Å². The van der Waals surface area contributed by atoms with E-state index in [4.69, 9.17) is 0 Å². The monoisotopic (exact) mass is 347 g/mol. The van der Waals surface area contributed by atoms with Crippen molar-refractivity contribution in [2.75, 3.05) is 31.6 Å². The highest BCUT2D eigenvalue weighted by Gasteiger charge is 2.38. The molecule has 0 saturated carbocycles. The number of nitrogens with zero attached hydrogens (tertiary/aromatic N) is 2. The van der Waals surface area contributed by atoms with Crippen LogP contribution in [-0.4, -0.2) is 47.2 Å². The number of rotatable bonds is 6. The van der Waals surface area contributed by atoms with Gasteiger partial charge in [0.2, 0.25) is 0 Å².